The summed E-state index contributed by atoms with van der Waals surface area (Å²) in [6.07, 6.45) is 2.97. The molecule has 0 unspecified atom stereocenters. The van der Waals surface area contributed by atoms with E-state index in [-0.39, 0.29) is 16.9 Å². The molecule has 0 spiro atoms. The lowest BCUT2D eigenvalue weighted by atomic mass is 10.1. The van der Waals surface area contributed by atoms with Crippen LogP contribution in [0.3, 0.4) is 0 Å². The van der Waals surface area contributed by atoms with Crippen LogP contribution in [0.2, 0.25) is 0 Å². The number of aromatic amines is 1. The minimum absolute atomic E-state index is 0.279. The minimum Gasteiger partial charge on any atom is -0.366 e. The predicted octanol–water partition coefficient (Wildman–Crippen LogP) is 2.62. The summed E-state index contributed by atoms with van der Waals surface area (Å²) < 4.78 is 13.6. The Bertz CT molecular complexity index is 1110. The number of aromatic nitrogens is 4. The topological polar surface area (TPSA) is 83.6 Å². The van der Waals surface area contributed by atoms with Gasteiger partial charge in [-0.05, 0) is 29.8 Å². The van der Waals surface area contributed by atoms with Crippen LogP contribution in [0.15, 0.2) is 53.7 Å². The Hall–Kier alpha value is -3.35. The lowest BCUT2D eigenvalue weighted by Gasteiger charge is -2.07. The number of nitrogens with one attached hydrogen (secondary N) is 2. The lowest BCUT2D eigenvalue weighted by Crippen LogP contribution is -2.10. The standard InChI is InChI=1S/C17H12FN5O/c18-12-3-1-2-11-6-10(8-20-15(11)12)7-19-14-5-4-13-16(23-14)17(24)22-9-21-13/h1-6,8-9H,7H2,(H,19,23)(H,21,22,24). The molecule has 0 aliphatic rings. The predicted molar refractivity (Wildman–Crippen MR) is 89.2 cm³/mol. The Labute approximate surface area is 135 Å². The minimum atomic E-state index is -0.338. The van der Waals surface area contributed by atoms with Gasteiger partial charge >= 0.3 is 0 Å². The fraction of sp³-hybridized carbons (Fsp3) is 0.0588. The smallest absolute Gasteiger partial charge is 0.277 e. The average Bonchev–Trinajstić information content (AvgIpc) is 2.60. The Kier molecular flexibility index (Phi) is 3.38. The summed E-state index contributed by atoms with van der Waals surface area (Å²) in [7, 11) is 0. The second kappa shape index (κ2) is 5.69. The number of rotatable bonds is 3. The largest absolute Gasteiger partial charge is 0.366 e. The molecule has 0 saturated carbocycles. The summed E-state index contributed by atoms with van der Waals surface area (Å²) >= 11 is 0. The molecule has 1 aromatic carbocycles. The number of nitrogens with zero attached hydrogens (tertiary/aromatic N) is 3. The van der Waals surface area contributed by atoms with Crippen molar-refractivity contribution in [3.05, 3.63) is 70.7 Å². The second-order valence-electron chi connectivity index (χ2n) is 5.30. The van der Waals surface area contributed by atoms with E-state index in [4.69, 9.17) is 0 Å². The van der Waals surface area contributed by atoms with Crippen molar-refractivity contribution in [3.63, 3.8) is 0 Å². The van der Waals surface area contributed by atoms with Gasteiger partial charge in [-0.25, -0.2) is 14.4 Å². The van der Waals surface area contributed by atoms with Gasteiger partial charge in [0, 0.05) is 18.1 Å². The number of fused-ring (bicyclic) bond motifs is 2. The van der Waals surface area contributed by atoms with E-state index in [2.05, 4.69) is 25.3 Å². The monoisotopic (exact) mass is 321 g/mol. The van der Waals surface area contributed by atoms with Crippen LogP contribution < -0.4 is 10.9 Å². The molecule has 4 rings (SSSR count). The average molecular weight is 321 g/mol. The Morgan fingerprint density at radius 1 is 1.12 bits per heavy atom. The van der Waals surface area contributed by atoms with Gasteiger partial charge in [-0.1, -0.05) is 12.1 Å². The molecule has 0 amide bonds. The molecular weight excluding hydrogens is 309 g/mol. The van der Waals surface area contributed by atoms with Crippen LogP contribution in [0.5, 0.6) is 0 Å². The van der Waals surface area contributed by atoms with Crippen LogP contribution in [0, 0.1) is 5.82 Å². The number of anilines is 1. The highest BCUT2D eigenvalue weighted by atomic mass is 19.1. The molecule has 7 heteroatoms. The molecule has 0 atom stereocenters. The maximum absolute atomic E-state index is 13.6. The molecule has 24 heavy (non-hydrogen) atoms. The maximum atomic E-state index is 13.6. The van der Waals surface area contributed by atoms with Gasteiger partial charge in [0.1, 0.15) is 17.2 Å². The van der Waals surface area contributed by atoms with Gasteiger partial charge in [-0.15, -0.1) is 0 Å². The lowest BCUT2D eigenvalue weighted by molar-refractivity contribution is 0.636. The van der Waals surface area contributed by atoms with E-state index in [0.717, 1.165) is 10.9 Å². The number of hydrogen-bond acceptors (Lipinski definition) is 5. The number of halogens is 1. The summed E-state index contributed by atoms with van der Waals surface area (Å²) in [6.45, 7) is 0.454. The first-order valence-electron chi connectivity index (χ1n) is 7.32. The summed E-state index contributed by atoms with van der Waals surface area (Å²) in [6, 6.07) is 10.2. The molecule has 0 fully saturated rings. The van der Waals surface area contributed by atoms with Gasteiger partial charge in [-0.2, -0.15) is 0 Å². The second-order valence-corrected chi connectivity index (χ2v) is 5.30. The zero-order valence-corrected chi connectivity index (χ0v) is 12.5. The van der Waals surface area contributed by atoms with E-state index < -0.39 is 0 Å². The first kappa shape index (κ1) is 14.3. The third-order valence-electron chi connectivity index (χ3n) is 3.68. The van der Waals surface area contributed by atoms with Crippen molar-refractivity contribution in [2.24, 2.45) is 0 Å². The van der Waals surface area contributed by atoms with E-state index >= 15 is 0 Å². The fourth-order valence-corrected chi connectivity index (χ4v) is 2.51. The molecule has 0 bridgehead atoms. The van der Waals surface area contributed by atoms with E-state index in [1.165, 1.54) is 12.4 Å². The summed E-state index contributed by atoms with van der Waals surface area (Å²) in [5.74, 6) is 0.218. The van der Waals surface area contributed by atoms with Crippen LogP contribution in [0.25, 0.3) is 21.9 Å². The van der Waals surface area contributed by atoms with E-state index in [1.807, 2.05) is 12.1 Å². The van der Waals surface area contributed by atoms with Gasteiger partial charge in [0.05, 0.1) is 11.8 Å². The number of pyridine rings is 2. The third-order valence-corrected chi connectivity index (χ3v) is 3.68. The highest BCUT2D eigenvalue weighted by Crippen LogP contribution is 2.17. The molecule has 3 heterocycles. The Morgan fingerprint density at radius 3 is 2.96 bits per heavy atom. The number of benzene rings is 1. The Morgan fingerprint density at radius 2 is 2.04 bits per heavy atom. The SMILES string of the molecule is O=c1[nH]cnc2ccc(NCc3cnc4c(F)cccc4c3)nc12. The highest BCUT2D eigenvalue weighted by Gasteiger charge is 2.05. The van der Waals surface area contributed by atoms with Crippen molar-refractivity contribution in [1.29, 1.82) is 0 Å². The van der Waals surface area contributed by atoms with E-state index in [0.29, 0.717) is 23.4 Å². The molecule has 3 aromatic heterocycles. The van der Waals surface area contributed by atoms with Crippen LogP contribution in [0.4, 0.5) is 10.2 Å². The summed E-state index contributed by atoms with van der Waals surface area (Å²) in [5, 5.41) is 3.87. The highest BCUT2D eigenvalue weighted by molar-refractivity contribution is 5.79. The van der Waals surface area contributed by atoms with Crippen LogP contribution in [-0.4, -0.2) is 19.9 Å². The van der Waals surface area contributed by atoms with Gasteiger partial charge in [0.15, 0.2) is 5.52 Å². The molecule has 4 aromatic rings. The van der Waals surface area contributed by atoms with Gasteiger partial charge in [0.2, 0.25) is 0 Å². The fourth-order valence-electron chi connectivity index (χ4n) is 2.51. The summed E-state index contributed by atoms with van der Waals surface area (Å²) in [4.78, 5) is 26.7. The zero-order valence-electron chi connectivity index (χ0n) is 12.5. The van der Waals surface area contributed by atoms with Crippen LogP contribution in [0.1, 0.15) is 5.56 Å². The molecule has 0 radical (unpaired) electrons. The quantitative estimate of drug-likeness (QED) is 0.606. The van der Waals surface area contributed by atoms with Gasteiger partial charge < -0.3 is 10.3 Å². The van der Waals surface area contributed by atoms with E-state index in [9.17, 15) is 9.18 Å². The van der Waals surface area contributed by atoms with Crippen molar-refractivity contribution in [1.82, 2.24) is 19.9 Å². The van der Waals surface area contributed by atoms with Gasteiger partial charge in [-0.3, -0.25) is 9.78 Å². The molecule has 2 N–H and O–H groups in total. The van der Waals surface area contributed by atoms with Crippen LogP contribution >= 0.6 is 0 Å². The zero-order chi connectivity index (χ0) is 16.5. The first-order chi connectivity index (χ1) is 11.7. The van der Waals surface area contributed by atoms with Crippen molar-refractivity contribution < 1.29 is 4.39 Å². The molecule has 0 aliphatic heterocycles. The third kappa shape index (κ3) is 2.56. The first-order valence-corrected chi connectivity index (χ1v) is 7.32. The molecule has 0 saturated heterocycles. The molecule has 0 aliphatic carbocycles. The Balaban J connectivity index is 1.60. The van der Waals surface area contributed by atoms with Crippen molar-refractivity contribution in [2.75, 3.05) is 5.32 Å². The summed E-state index contributed by atoms with van der Waals surface area (Å²) in [5.41, 5.74) is 1.76. The normalized spacial score (nSPS) is 11.0. The van der Waals surface area contributed by atoms with E-state index in [1.54, 1.807) is 24.4 Å². The maximum Gasteiger partial charge on any atom is 0.277 e. The molecule has 118 valence electrons. The van der Waals surface area contributed by atoms with Crippen molar-refractivity contribution in [3.8, 4) is 0 Å². The molecule has 6 nitrogen and oxygen atoms in total. The number of para-hydroxylation sites is 1. The van der Waals surface area contributed by atoms with Crippen LogP contribution in [-0.2, 0) is 6.54 Å². The van der Waals surface area contributed by atoms with Crippen molar-refractivity contribution in [2.45, 2.75) is 6.54 Å². The van der Waals surface area contributed by atoms with Crippen molar-refractivity contribution >= 4 is 27.8 Å². The van der Waals surface area contributed by atoms with Gasteiger partial charge in [0.25, 0.3) is 5.56 Å². The molecular formula is C17H12FN5O. The number of hydrogen-bond donors (Lipinski definition) is 2. The number of H-pyrrole nitrogens is 1.